The first-order valence-corrected chi connectivity index (χ1v) is 11.1. The summed E-state index contributed by atoms with van der Waals surface area (Å²) < 4.78 is 0. The van der Waals surface area contributed by atoms with E-state index in [0.29, 0.717) is 33.5 Å². The van der Waals surface area contributed by atoms with Crippen molar-refractivity contribution in [2.24, 2.45) is 11.8 Å². The lowest BCUT2D eigenvalue weighted by Crippen LogP contribution is -2.54. The molecule has 2 aromatic carbocycles. The van der Waals surface area contributed by atoms with Gasteiger partial charge in [0.2, 0.25) is 11.8 Å². The Morgan fingerprint density at radius 1 is 1.06 bits per heavy atom. The van der Waals surface area contributed by atoms with E-state index in [4.69, 9.17) is 23.2 Å². The number of anilines is 2. The Bertz CT molecular complexity index is 1200. The summed E-state index contributed by atoms with van der Waals surface area (Å²) >= 11 is 12.8. The fourth-order valence-electron chi connectivity index (χ4n) is 6.27. The number of imide groups is 1. The molecule has 158 valence electrons. The van der Waals surface area contributed by atoms with E-state index in [1.165, 1.54) is 4.90 Å². The van der Waals surface area contributed by atoms with E-state index >= 15 is 0 Å². The molecule has 4 aliphatic heterocycles. The molecule has 4 aliphatic rings. The molecule has 0 radical (unpaired) electrons. The van der Waals surface area contributed by atoms with Crippen LogP contribution in [0, 0.1) is 18.8 Å². The van der Waals surface area contributed by atoms with Gasteiger partial charge in [-0.25, -0.2) is 4.90 Å². The molecule has 4 atom stereocenters. The van der Waals surface area contributed by atoms with Crippen molar-refractivity contribution in [3.63, 3.8) is 0 Å². The lowest BCUT2D eigenvalue weighted by molar-refractivity contribution is -0.135. The zero-order valence-corrected chi connectivity index (χ0v) is 18.2. The van der Waals surface area contributed by atoms with Gasteiger partial charge < -0.3 is 5.32 Å². The second-order valence-electron chi connectivity index (χ2n) is 8.76. The van der Waals surface area contributed by atoms with Crippen LogP contribution >= 0.6 is 23.2 Å². The maximum Gasteiger partial charge on any atom is 0.250 e. The van der Waals surface area contributed by atoms with Gasteiger partial charge in [-0.2, -0.15) is 0 Å². The van der Waals surface area contributed by atoms with Crippen LogP contribution in [0.4, 0.5) is 11.4 Å². The number of benzene rings is 2. The average Bonchev–Trinajstić information content (AvgIpc) is 3.42. The Kier molecular flexibility index (Phi) is 3.93. The van der Waals surface area contributed by atoms with Gasteiger partial charge in [0.1, 0.15) is 5.54 Å². The molecule has 4 heterocycles. The van der Waals surface area contributed by atoms with Crippen LogP contribution in [0.5, 0.6) is 0 Å². The minimum atomic E-state index is -1.24. The smallest absolute Gasteiger partial charge is 0.250 e. The van der Waals surface area contributed by atoms with Crippen LogP contribution in [0.3, 0.4) is 0 Å². The highest BCUT2D eigenvalue weighted by Crippen LogP contribution is 2.61. The molecular formula is C23H19Cl2N3O3. The highest BCUT2D eigenvalue weighted by molar-refractivity contribution is 6.37. The van der Waals surface area contributed by atoms with Gasteiger partial charge in [-0.05, 0) is 50.1 Å². The standard InChI is InChI=1S/C23H19Cl2N3O3/c1-11-9-12-19(14(25)10-11)26-22(31)23(12)18-17(16-7-4-8-27(16)23)20(29)28(21(18)30)15-6-3-2-5-13(15)24/h2-3,5-6,9-10,16-18H,4,7-8H2,1H3,(H,26,31). The van der Waals surface area contributed by atoms with Crippen LogP contribution in [0.15, 0.2) is 36.4 Å². The lowest BCUT2D eigenvalue weighted by atomic mass is 9.75. The molecular weight excluding hydrogens is 437 g/mol. The zero-order chi connectivity index (χ0) is 21.7. The van der Waals surface area contributed by atoms with Crippen molar-refractivity contribution in [2.75, 3.05) is 16.8 Å². The van der Waals surface area contributed by atoms with Crippen LogP contribution in [0.25, 0.3) is 0 Å². The number of carbonyl (C=O) groups is 3. The average molecular weight is 456 g/mol. The Morgan fingerprint density at radius 3 is 2.61 bits per heavy atom. The summed E-state index contributed by atoms with van der Waals surface area (Å²) in [4.78, 5) is 44.4. The summed E-state index contributed by atoms with van der Waals surface area (Å²) in [6, 6.07) is 10.4. The Hall–Kier alpha value is -2.41. The highest BCUT2D eigenvalue weighted by Gasteiger charge is 2.74. The number of fused-ring (bicyclic) bond motifs is 7. The topological polar surface area (TPSA) is 69.7 Å². The molecule has 3 amide bonds. The first kappa shape index (κ1) is 19.3. The van der Waals surface area contributed by atoms with Gasteiger partial charge in [0.15, 0.2) is 0 Å². The maximum atomic E-state index is 13.9. The number of amides is 3. The molecule has 0 bridgehead atoms. The number of hydrogen-bond acceptors (Lipinski definition) is 4. The number of aryl methyl sites for hydroxylation is 1. The molecule has 6 rings (SSSR count). The molecule has 3 fully saturated rings. The number of halogens is 2. The summed E-state index contributed by atoms with van der Waals surface area (Å²) in [5.41, 5.74) is 1.27. The van der Waals surface area contributed by atoms with Gasteiger partial charge in [0.25, 0.3) is 5.91 Å². The predicted octanol–water partition coefficient (Wildman–Crippen LogP) is 3.73. The van der Waals surface area contributed by atoms with Gasteiger partial charge in [-0.3, -0.25) is 19.3 Å². The van der Waals surface area contributed by atoms with Crippen molar-refractivity contribution in [3.8, 4) is 0 Å². The molecule has 0 aliphatic carbocycles. The third-order valence-electron chi connectivity index (χ3n) is 7.29. The number of rotatable bonds is 1. The van der Waals surface area contributed by atoms with E-state index in [1.807, 2.05) is 13.0 Å². The van der Waals surface area contributed by atoms with E-state index in [1.54, 1.807) is 30.3 Å². The lowest BCUT2D eigenvalue weighted by Gasteiger charge is -2.36. The van der Waals surface area contributed by atoms with Crippen LogP contribution in [-0.2, 0) is 19.9 Å². The van der Waals surface area contributed by atoms with Gasteiger partial charge >= 0.3 is 0 Å². The number of para-hydroxylation sites is 1. The fourth-order valence-corrected chi connectivity index (χ4v) is 6.81. The molecule has 0 aromatic heterocycles. The van der Waals surface area contributed by atoms with Crippen molar-refractivity contribution in [1.29, 1.82) is 0 Å². The first-order valence-electron chi connectivity index (χ1n) is 10.4. The van der Waals surface area contributed by atoms with Crippen molar-refractivity contribution in [2.45, 2.75) is 31.3 Å². The largest absolute Gasteiger partial charge is 0.323 e. The quantitative estimate of drug-likeness (QED) is 0.665. The molecule has 2 aromatic rings. The number of nitrogens with zero attached hydrogens (tertiary/aromatic N) is 2. The Morgan fingerprint density at radius 2 is 1.84 bits per heavy atom. The normalized spacial score (nSPS) is 31.4. The molecule has 1 spiro atoms. The Labute approximate surface area is 189 Å². The summed E-state index contributed by atoms with van der Waals surface area (Å²) in [7, 11) is 0. The molecule has 4 unspecified atom stereocenters. The van der Waals surface area contributed by atoms with Crippen molar-refractivity contribution in [1.82, 2.24) is 4.90 Å². The van der Waals surface area contributed by atoms with Gasteiger partial charge in [-0.15, -0.1) is 0 Å². The summed E-state index contributed by atoms with van der Waals surface area (Å²) in [6.07, 6.45) is 1.63. The minimum Gasteiger partial charge on any atom is -0.323 e. The van der Waals surface area contributed by atoms with Crippen LogP contribution in [0.2, 0.25) is 10.0 Å². The van der Waals surface area contributed by atoms with Gasteiger partial charge in [0.05, 0.1) is 33.3 Å². The van der Waals surface area contributed by atoms with Gasteiger partial charge in [-0.1, -0.05) is 41.4 Å². The van der Waals surface area contributed by atoms with Gasteiger partial charge in [0, 0.05) is 11.6 Å². The zero-order valence-electron chi connectivity index (χ0n) is 16.7. The van der Waals surface area contributed by atoms with E-state index in [9.17, 15) is 14.4 Å². The first-order chi connectivity index (χ1) is 14.9. The minimum absolute atomic E-state index is 0.176. The van der Waals surface area contributed by atoms with Crippen LogP contribution in [-0.4, -0.2) is 35.2 Å². The number of hydrogen-bond donors (Lipinski definition) is 1. The second kappa shape index (κ2) is 6.31. The SMILES string of the molecule is Cc1cc(Cl)c2c(c1)C1(C(=O)N2)C2C(=O)N(c3ccccc3Cl)C(=O)C2C2CCCN21. The third-order valence-corrected chi connectivity index (χ3v) is 7.91. The summed E-state index contributed by atoms with van der Waals surface area (Å²) in [5.74, 6) is -2.35. The Balaban J connectivity index is 1.60. The van der Waals surface area contributed by atoms with Crippen LogP contribution < -0.4 is 10.2 Å². The van der Waals surface area contributed by atoms with Crippen molar-refractivity contribution >= 4 is 52.3 Å². The molecule has 6 nitrogen and oxygen atoms in total. The second-order valence-corrected chi connectivity index (χ2v) is 9.57. The van der Waals surface area contributed by atoms with E-state index in [0.717, 1.165) is 18.4 Å². The molecule has 31 heavy (non-hydrogen) atoms. The summed E-state index contributed by atoms with van der Waals surface area (Å²) in [6.45, 7) is 2.57. The van der Waals surface area contributed by atoms with E-state index < -0.39 is 17.4 Å². The predicted molar refractivity (Wildman–Crippen MR) is 117 cm³/mol. The number of carbonyl (C=O) groups excluding carboxylic acids is 3. The molecule has 8 heteroatoms. The molecule has 1 N–H and O–H groups in total. The number of nitrogens with one attached hydrogen (secondary N) is 1. The third kappa shape index (κ3) is 2.20. The van der Waals surface area contributed by atoms with E-state index in [-0.39, 0.29) is 23.8 Å². The maximum absolute atomic E-state index is 13.9. The van der Waals surface area contributed by atoms with Crippen molar-refractivity contribution in [3.05, 3.63) is 57.6 Å². The molecule has 0 saturated carbocycles. The monoisotopic (exact) mass is 455 g/mol. The fraction of sp³-hybridized carbons (Fsp3) is 0.348. The highest BCUT2D eigenvalue weighted by atomic mass is 35.5. The van der Waals surface area contributed by atoms with Crippen LogP contribution in [0.1, 0.15) is 24.0 Å². The molecule has 3 saturated heterocycles. The summed E-state index contributed by atoms with van der Waals surface area (Å²) in [5, 5.41) is 3.71. The van der Waals surface area contributed by atoms with E-state index in [2.05, 4.69) is 10.2 Å². The van der Waals surface area contributed by atoms with Crippen molar-refractivity contribution < 1.29 is 14.4 Å².